The Kier molecular flexibility index (Phi) is 6.78. The molecule has 0 fully saturated rings. The smallest absolute Gasteiger partial charge is 0.0437 e. The maximum Gasteiger partial charge on any atom is 0.0437 e. The predicted molar refractivity (Wildman–Crippen MR) is 117 cm³/mol. The molecule has 27 heavy (non-hydrogen) atoms. The van der Waals surface area contributed by atoms with Gasteiger partial charge in [-0.05, 0) is 46.9 Å². The normalized spacial score (nSPS) is 10.3. The van der Waals surface area contributed by atoms with Crippen LogP contribution >= 0.6 is 0 Å². The summed E-state index contributed by atoms with van der Waals surface area (Å²) in [5.74, 6) is 0. The number of ether oxygens (including phenoxy) is 1. The predicted octanol–water partition coefficient (Wildman–Crippen LogP) is 7.22. The average molecular weight is 354 g/mol. The zero-order valence-electron chi connectivity index (χ0n) is 16.1. The van der Waals surface area contributed by atoms with Crippen molar-refractivity contribution in [3.8, 4) is 22.3 Å². The first-order valence-corrected chi connectivity index (χ1v) is 9.55. The molecule has 0 aliphatic heterocycles. The third kappa shape index (κ3) is 4.64. The molecule has 0 aromatic heterocycles. The van der Waals surface area contributed by atoms with Crippen molar-refractivity contribution in [3.63, 3.8) is 0 Å². The molecular formula is C26H26O. The Hall–Kier alpha value is -2.90. The minimum Gasteiger partial charge on any atom is -0.382 e. The summed E-state index contributed by atoms with van der Waals surface area (Å²) in [6.45, 7) is 5.67. The second-order valence-electron chi connectivity index (χ2n) is 6.22. The molecule has 0 saturated heterocycles. The Labute approximate surface area is 162 Å². The van der Waals surface area contributed by atoms with Crippen molar-refractivity contribution in [1.29, 1.82) is 0 Å². The molecule has 1 heteroatoms. The van der Waals surface area contributed by atoms with E-state index in [1.54, 1.807) is 0 Å². The third-order valence-corrected chi connectivity index (χ3v) is 4.50. The number of hydrogen-bond acceptors (Lipinski definition) is 1. The monoisotopic (exact) mass is 354 g/mol. The highest BCUT2D eigenvalue weighted by Gasteiger charge is 2.19. The minimum atomic E-state index is 0.844. The van der Waals surface area contributed by atoms with Crippen molar-refractivity contribution in [1.82, 2.24) is 0 Å². The van der Waals surface area contributed by atoms with Gasteiger partial charge in [0.25, 0.3) is 0 Å². The number of fused-ring (bicyclic) bond motifs is 5. The molecule has 1 nitrogen and oxygen atoms in total. The molecule has 5 rings (SSSR count). The van der Waals surface area contributed by atoms with E-state index in [2.05, 4.69) is 97.1 Å². The average Bonchev–Trinajstić information content (AvgIpc) is 2.74. The van der Waals surface area contributed by atoms with Gasteiger partial charge in [-0.1, -0.05) is 97.1 Å². The summed E-state index contributed by atoms with van der Waals surface area (Å²) in [5.41, 5.74) is 5.59. The molecule has 0 bridgehead atoms. The lowest BCUT2D eigenvalue weighted by Crippen LogP contribution is -1.96. The van der Waals surface area contributed by atoms with Gasteiger partial charge < -0.3 is 4.74 Å². The Balaban J connectivity index is 0.000000128. The summed E-state index contributed by atoms with van der Waals surface area (Å²) in [6, 6.07) is 33.8. The first-order chi connectivity index (χ1) is 13.3. The topological polar surface area (TPSA) is 9.23 Å². The van der Waals surface area contributed by atoms with E-state index in [4.69, 9.17) is 4.74 Å². The van der Waals surface area contributed by atoms with Gasteiger partial charge >= 0.3 is 0 Å². The van der Waals surface area contributed by atoms with Crippen LogP contribution in [0.3, 0.4) is 0 Å². The quantitative estimate of drug-likeness (QED) is 0.325. The molecule has 0 spiro atoms. The van der Waals surface area contributed by atoms with E-state index in [1.165, 1.54) is 33.0 Å². The fourth-order valence-corrected chi connectivity index (χ4v) is 3.18. The molecule has 136 valence electrons. The molecule has 4 aromatic carbocycles. The van der Waals surface area contributed by atoms with E-state index in [0.717, 1.165) is 13.2 Å². The van der Waals surface area contributed by atoms with Gasteiger partial charge in [0, 0.05) is 13.2 Å². The van der Waals surface area contributed by atoms with Crippen molar-refractivity contribution in [3.05, 3.63) is 97.1 Å². The highest BCUT2D eigenvalue weighted by molar-refractivity contribution is 6.02. The first-order valence-electron chi connectivity index (χ1n) is 9.55. The number of hydrogen-bond donors (Lipinski definition) is 0. The SMILES string of the molecule is CCOCC.c1ccc2c(c1)-c1ccccc1-2.c1ccc2ccccc2c1. The van der Waals surface area contributed by atoms with Crippen molar-refractivity contribution in [2.45, 2.75) is 13.8 Å². The Morgan fingerprint density at radius 2 is 0.704 bits per heavy atom. The van der Waals surface area contributed by atoms with Gasteiger partial charge in [0.1, 0.15) is 0 Å². The standard InChI is InChI=1S/C12H8.C10H8.C4H10O/c1-2-6-10-9(5-1)11-7-3-4-8-12(10)11;1-2-6-10-8-4-3-7-9(10)5-1;1-3-5-4-2/h1-8H;1-8H;3-4H2,1-2H3. The summed E-state index contributed by atoms with van der Waals surface area (Å²) in [6.07, 6.45) is 0. The van der Waals surface area contributed by atoms with Gasteiger partial charge in [0.2, 0.25) is 0 Å². The van der Waals surface area contributed by atoms with Crippen LogP contribution in [0, 0.1) is 0 Å². The van der Waals surface area contributed by atoms with Crippen molar-refractivity contribution >= 4 is 10.8 Å². The maximum atomic E-state index is 4.83. The fourth-order valence-electron chi connectivity index (χ4n) is 3.18. The summed E-state index contributed by atoms with van der Waals surface area (Å²) in [5, 5.41) is 2.62. The Morgan fingerprint density at radius 1 is 0.444 bits per heavy atom. The molecule has 0 unspecified atom stereocenters. The molecule has 0 saturated carbocycles. The van der Waals surface area contributed by atoms with Crippen LogP contribution in [0.1, 0.15) is 13.8 Å². The lowest BCUT2D eigenvalue weighted by molar-refractivity contribution is 0.162. The molecule has 1 aliphatic carbocycles. The Morgan fingerprint density at radius 3 is 0.926 bits per heavy atom. The van der Waals surface area contributed by atoms with Crippen LogP contribution in [-0.2, 0) is 4.74 Å². The van der Waals surface area contributed by atoms with Gasteiger partial charge in [-0.2, -0.15) is 0 Å². The molecule has 1 aliphatic rings. The molecule has 0 heterocycles. The first kappa shape index (κ1) is 18.9. The van der Waals surface area contributed by atoms with Crippen molar-refractivity contribution < 1.29 is 4.74 Å². The summed E-state index contributed by atoms with van der Waals surface area (Å²) < 4.78 is 4.83. The van der Waals surface area contributed by atoms with Crippen LogP contribution in [0.4, 0.5) is 0 Å². The molecule has 0 amide bonds. The van der Waals surface area contributed by atoms with Crippen LogP contribution < -0.4 is 0 Å². The summed E-state index contributed by atoms with van der Waals surface area (Å²) in [4.78, 5) is 0. The molecule has 4 aromatic rings. The van der Waals surface area contributed by atoms with E-state index < -0.39 is 0 Å². The van der Waals surface area contributed by atoms with Gasteiger partial charge in [0.05, 0.1) is 0 Å². The van der Waals surface area contributed by atoms with Gasteiger partial charge in [-0.3, -0.25) is 0 Å². The zero-order chi connectivity index (χ0) is 18.9. The van der Waals surface area contributed by atoms with Crippen molar-refractivity contribution in [2.75, 3.05) is 13.2 Å². The maximum absolute atomic E-state index is 4.83. The number of rotatable bonds is 2. The fraction of sp³-hybridized carbons (Fsp3) is 0.154. The second kappa shape index (κ2) is 9.70. The van der Waals surface area contributed by atoms with E-state index in [0.29, 0.717) is 0 Å². The largest absolute Gasteiger partial charge is 0.382 e. The molecule has 0 radical (unpaired) electrons. The lowest BCUT2D eigenvalue weighted by atomic mass is 9.81. The molecular weight excluding hydrogens is 328 g/mol. The van der Waals surface area contributed by atoms with Gasteiger partial charge in [0.15, 0.2) is 0 Å². The lowest BCUT2D eigenvalue weighted by Gasteiger charge is -2.22. The zero-order valence-corrected chi connectivity index (χ0v) is 16.1. The second-order valence-corrected chi connectivity index (χ2v) is 6.22. The summed E-state index contributed by atoms with van der Waals surface area (Å²) >= 11 is 0. The van der Waals surface area contributed by atoms with E-state index in [9.17, 15) is 0 Å². The molecule has 0 atom stereocenters. The van der Waals surface area contributed by atoms with E-state index in [1.807, 2.05) is 13.8 Å². The van der Waals surface area contributed by atoms with E-state index in [-0.39, 0.29) is 0 Å². The minimum absolute atomic E-state index is 0.844. The van der Waals surface area contributed by atoms with E-state index >= 15 is 0 Å². The summed E-state index contributed by atoms with van der Waals surface area (Å²) in [7, 11) is 0. The van der Waals surface area contributed by atoms with Crippen LogP contribution in [0.15, 0.2) is 97.1 Å². The number of benzene rings is 4. The van der Waals surface area contributed by atoms with Gasteiger partial charge in [-0.15, -0.1) is 0 Å². The highest BCUT2D eigenvalue weighted by Crippen LogP contribution is 2.46. The van der Waals surface area contributed by atoms with Crippen LogP contribution in [0.25, 0.3) is 33.0 Å². The third-order valence-electron chi connectivity index (χ3n) is 4.50. The Bertz CT molecular complexity index is 820. The highest BCUT2D eigenvalue weighted by atomic mass is 16.5. The van der Waals surface area contributed by atoms with Crippen LogP contribution in [0.5, 0.6) is 0 Å². The van der Waals surface area contributed by atoms with Crippen LogP contribution in [-0.4, -0.2) is 13.2 Å². The molecule has 0 N–H and O–H groups in total. The van der Waals surface area contributed by atoms with Crippen LogP contribution in [0.2, 0.25) is 0 Å². The van der Waals surface area contributed by atoms with Crippen molar-refractivity contribution in [2.24, 2.45) is 0 Å². The van der Waals surface area contributed by atoms with Gasteiger partial charge in [-0.25, -0.2) is 0 Å².